The number of benzene rings is 1. The summed E-state index contributed by atoms with van der Waals surface area (Å²) >= 11 is 6.76. The van der Waals surface area contributed by atoms with Crippen LogP contribution in [0.3, 0.4) is 0 Å². The number of nitrogens with zero attached hydrogens (tertiary/aromatic N) is 2. The monoisotopic (exact) mass is 415 g/mol. The van der Waals surface area contributed by atoms with Crippen molar-refractivity contribution in [2.75, 3.05) is 11.9 Å². The summed E-state index contributed by atoms with van der Waals surface area (Å²) in [7, 11) is 0. The Balaban J connectivity index is 2.59. The Hall–Kier alpha value is -1.01. The molecule has 0 saturated carbocycles. The lowest BCUT2D eigenvalue weighted by molar-refractivity contribution is 0.621. The predicted molar refractivity (Wildman–Crippen MR) is 91.1 cm³/mol. The van der Waals surface area contributed by atoms with Crippen LogP contribution in [0.2, 0.25) is 0 Å². The van der Waals surface area contributed by atoms with Gasteiger partial charge in [-0.05, 0) is 62.9 Å². The van der Waals surface area contributed by atoms with E-state index in [1.807, 2.05) is 6.92 Å². The molecule has 0 aliphatic heterocycles. The number of halogens is 3. The molecule has 0 unspecified atom stereocenters. The standard InChI is InChI=1S/C15H16Br2FN3/c1-4-19-15-12(17)13(8(2)3)20-14(21-15)9-5-6-11(18)10(16)7-9/h5-8H,4H2,1-3H3,(H,19,20,21). The molecule has 0 amide bonds. The van der Waals surface area contributed by atoms with Crippen LogP contribution in [0.25, 0.3) is 11.4 Å². The van der Waals surface area contributed by atoms with E-state index in [0.717, 1.165) is 28.1 Å². The van der Waals surface area contributed by atoms with Crippen molar-refractivity contribution in [2.45, 2.75) is 26.7 Å². The first-order valence-electron chi connectivity index (χ1n) is 6.70. The fraction of sp³-hybridized carbons (Fsp3) is 0.333. The van der Waals surface area contributed by atoms with Crippen molar-refractivity contribution in [1.82, 2.24) is 9.97 Å². The van der Waals surface area contributed by atoms with Gasteiger partial charge in [-0.25, -0.2) is 14.4 Å². The Labute approximate surface area is 140 Å². The molecule has 0 atom stereocenters. The Morgan fingerprint density at radius 1 is 1.24 bits per heavy atom. The normalized spacial score (nSPS) is 11.0. The maximum absolute atomic E-state index is 13.4. The van der Waals surface area contributed by atoms with E-state index in [9.17, 15) is 4.39 Å². The minimum absolute atomic E-state index is 0.252. The molecule has 6 heteroatoms. The number of nitrogens with one attached hydrogen (secondary N) is 1. The molecule has 0 aliphatic rings. The molecule has 3 nitrogen and oxygen atoms in total. The second-order valence-corrected chi connectivity index (χ2v) is 6.56. The molecule has 1 aromatic carbocycles. The van der Waals surface area contributed by atoms with Gasteiger partial charge in [0.2, 0.25) is 0 Å². The lowest BCUT2D eigenvalue weighted by atomic mass is 10.1. The summed E-state index contributed by atoms with van der Waals surface area (Å²) in [5, 5.41) is 3.22. The van der Waals surface area contributed by atoms with Crippen molar-refractivity contribution in [3.63, 3.8) is 0 Å². The lowest BCUT2D eigenvalue weighted by Gasteiger charge is -2.14. The zero-order valence-corrected chi connectivity index (χ0v) is 15.2. The molecule has 0 spiro atoms. The maximum Gasteiger partial charge on any atom is 0.161 e. The predicted octanol–water partition coefficient (Wildman–Crippen LogP) is 5.36. The van der Waals surface area contributed by atoms with E-state index in [2.05, 4.69) is 61.0 Å². The molecule has 1 aromatic heterocycles. The van der Waals surface area contributed by atoms with Crippen LogP contribution in [-0.4, -0.2) is 16.5 Å². The van der Waals surface area contributed by atoms with Crippen molar-refractivity contribution in [2.24, 2.45) is 0 Å². The molecule has 0 aliphatic carbocycles. The molecule has 0 saturated heterocycles. The minimum Gasteiger partial charge on any atom is -0.369 e. The summed E-state index contributed by atoms with van der Waals surface area (Å²) in [6.07, 6.45) is 0. The van der Waals surface area contributed by atoms with Crippen LogP contribution < -0.4 is 5.32 Å². The first-order valence-corrected chi connectivity index (χ1v) is 8.29. The van der Waals surface area contributed by atoms with Gasteiger partial charge in [0.05, 0.1) is 14.6 Å². The van der Waals surface area contributed by atoms with E-state index in [1.165, 1.54) is 6.07 Å². The molecular formula is C15H16Br2FN3. The highest BCUT2D eigenvalue weighted by atomic mass is 79.9. The van der Waals surface area contributed by atoms with E-state index in [-0.39, 0.29) is 11.7 Å². The Morgan fingerprint density at radius 3 is 2.52 bits per heavy atom. The third-order valence-electron chi connectivity index (χ3n) is 2.95. The summed E-state index contributed by atoms with van der Waals surface area (Å²) in [6, 6.07) is 4.79. The summed E-state index contributed by atoms with van der Waals surface area (Å²) in [5.41, 5.74) is 1.70. The molecule has 21 heavy (non-hydrogen) atoms. The minimum atomic E-state index is -0.299. The van der Waals surface area contributed by atoms with Crippen molar-refractivity contribution < 1.29 is 4.39 Å². The van der Waals surface area contributed by atoms with Crippen LogP contribution in [0.4, 0.5) is 10.2 Å². The molecule has 2 rings (SSSR count). The number of anilines is 1. The van der Waals surface area contributed by atoms with Gasteiger partial charge in [0.15, 0.2) is 5.82 Å². The Kier molecular flexibility index (Phi) is 5.32. The molecule has 1 heterocycles. The molecule has 2 aromatic rings. The lowest BCUT2D eigenvalue weighted by Crippen LogP contribution is -2.07. The maximum atomic E-state index is 13.4. The summed E-state index contributed by atoms with van der Waals surface area (Å²) < 4.78 is 14.7. The summed E-state index contributed by atoms with van der Waals surface area (Å²) in [6.45, 7) is 6.93. The highest BCUT2D eigenvalue weighted by Gasteiger charge is 2.16. The van der Waals surface area contributed by atoms with E-state index in [1.54, 1.807) is 12.1 Å². The highest BCUT2D eigenvalue weighted by molar-refractivity contribution is 9.11. The zero-order chi connectivity index (χ0) is 15.6. The van der Waals surface area contributed by atoms with E-state index in [0.29, 0.717) is 10.3 Å². The van der Waals surface area contributed by atoms with Crippen LogP contribution in [-0.2, 0) is 0 Å². The molecule has 0 radical (unpaired) electrons. The second kappa shape index (κ2) is 6.83. The Morgan fingerprint density at radius 2 is 1.95 bits per heavy atom. The third kappa shape index (κ3) is 3.61. The first-order chi connectivity index (χ1) is 9.93. The van der Waals surface area contributed by atoms with Crippen molar-refractivity contribution in [1.29, 1.82) is 0 Å². The van der Waals surface area contributed by atoms with E-state index < -0.39 is 0 Å². The van der Waals surface area contributed by atoms with Gasteiger partial charge in [-0.15, -0.1) is 0 Å². The van der Waals surface area contributed by atoms with Crippen LogP contribution in [0.1, 0.15) is 32.4 Å². The fourth-order valence-corrected chi connectivity index (χ4v) is 3.05. The average Bonchev–Trinajstić information content (AvgIpc) is 2.44. The molecule has 0 fully saturated rings. The van der Waals surface area contributed by atoms with Crippen molar-refractivity contribution in [3.05, 3.63) is 38.7 Å². The summed E-state index contributed by atoms with van der Waals surface area (Å²) in [5.74, 6) is 1.29. The van der Waals surface area contributed by atoms with Gasteiger partial charge < -0.3 is 5.32 Å². The average molecular weight is 417 g/mol. The van der Waals surface area contributed by atoms with Gasteiger partial charge in [-0.3, -0.25) is 0 Å². The van der Waals surface area contributed by atoms with E-state index in [4.69, 9.17) is 0 Å². The van der Waals surface area contributed by atoms with Gasteiger partial charge in [-0.2, -0.15) is 0 Å². The second-order valence-electron chi connectivity index (χ2n) is 4.91. The van der Waals surface area contributed by atoms with Gasteiger partial charge in [0.1, 0.15) is 11.6 Å². The largest absolute Gasteiger partial charge is 0.369 e. The van der Waals surface area contributed by atoms with Crippen LogP contribution in [0, 0.1) is 5.82 Å². The van der Waals surface area contributed by atoms with Crippen molar-refractivity contribution in [3.8, 4) is 11.4 Å². The van der Waals surface area contributed by atoms with Gasteiger partial charge >= 0.3 is 0 Å². The quantitative estimate of drug-likeness (QED) is 0.728. The first kappa shape index (κ1) is 16.4. The van der Waals surface area contributed by atoms with Gasteiger partial charge in [0.25, 0.3) is 0 Å². The number of hydrogen-bond acceptors (Lipinski definition) is 3. The molecule has 112 valence electrons. The molecular weight excluding hydrogens is 401 g/mol. The Bertz CT molecular complexity index is 660. The third-order valence-corrected chi connectivity index (χ3v) is 4.34. The number of rotatable bonds is 4. The topological polar surface area (TPSA) is 37.8 Å². The SMILES string of the molecule is CCNc1nc(-c2ccc(F)c(Br)c2)nc(C(C)C)c1Br. The van der Waals surface area contributed by atoms with Gasteiger partial charge in [-0.1, -0.05) is 13.8 Å². The number of hydrogen-bond donors (Lipinski definition) is 1. The fourth-order valence-electron chi connectivity index (χ4n) is 1.90. The molecule has 0 bridgehead atoms. The van der Waals surface area contributed by atoms with E-state index >= 15 is 0 Å². The van der Waals surface area contributed by atoms with Crippen LogP contribution in [0.5, 0.6) is 0 Å². The zero-order valence-electron chi connectivity index (χ0n) is 12.0. The van der Waals surface area contributed by atoms with Crippen LogP contribution >= 0.6 is 31.9 Å². The smallest absolute Gasteiger partial charge is 0.161 e. The van der Waals surface area contributed by atoms with Crippen molar-refractivity contribution >= 4 is 37.7 Å². The van der Waals surface area contributed by atoms with Crippen LogP contribution in [0.15, 0.2) is 27.1 Å². The van der Waals surface area contributed by atoms with Gasteiger partial charge in [0, 0.05) is 12.1 Å². The summed E-state index contributed by atoms with van der Waals surface area (Å²) in [4.78, 5) is 9.15. The number of aromatic nitrogens is 2. The molecule has 1 N–H and O–H groups in total. The highest BCUT2D eigenvalue weighted by Crippen LogP contribution is 2.32.